The topological polar surface area (TPSA) is 127 Å². The van der Waals surface area contributed by atoms with Crippen LogP contribution in [0, 0.1) is 11.8 Å². The van der Waals surface area contributed by atoms with Crippen molar-refractivity contribution in [3.63, 3.8) is 0 Å². The van der Waals surface area contributed by atoms with Crippen molar-refractivity contribution in [1.82, 2.24) is 24.8 Å². The Morgan fingerprint density at radius 2 is 1.83 bits per heavy atom. The quantitative estimate of drug-likeness (QED) is 0.506. The highest BCUT2D eigenvalue weighted by Crippen LogP contribution is 2.35. The molecule has 2 atom stereocenters. The number of hydrogen-bond acceptors (Lipinski definition) is 7. The SMILES string of the molecule is CC(C)Cc1cc(C(=O)N2CCCOc3cccc(c3)[C@H]3CN(C(=O)c4ccc(=O)n(C)c4)C[C@@H]3C(=O)NCC2)no1. The van der Waals surface area contributed by atoms with Crippen molar-refractivity contribution < 1.29 is 23.6 Å². The molecule has 1 saturated heterocycles. The molecule has 2 aromatic heterocycles. The van der Waals surface area contributed by atoms with Gasteiger partial charge in [0.25, 0.3) is 11.8 Å². The number of aromatic nitrogens is 2. The molecule has 11 heteroatoms. The molecule has 0 unspecified atom stereocenters. The van der Waals surface area contributed by atoms with Gasteiger partial charge in [0.15, 0.2) is 5.69 Å². The monoisotopic (exact) mass is 575 g/mol. The van der Waals surface area contributed by atoms with E-state index in [1.54, 1.807) is 22.9 Å². The fourth-order valence-corrected chi connectivity index (χ4v) is 5.59. The Balaban J connectivity index is 1.35. The Morgan fingerprint density at radius 1 is 1.02 bits per heavy atom. The van der Waals surface area contributed by atoms with E-state index in [1.165, 1.54) is 22.9 Å². The minimum absolute atomic E-state index is 0.188. The molecule has 42 heavy (non-hydrogen) atoms. The molecule has 3 amide bonds. The van der Waals surface area contributed by atoms with Gasteiger partial charge >= 0.3 is 0 Å². The van der Waals surface area contributed by atoms with Gasteiger partial charge < -0.3 is 28.9 Å². The average molecular weight is 576 g/mol. The summed E-state index contributed by atoms with van der Waals surface area (Å²) in [5.74, 6) is 0.261. The smallest absolute Gasteiger partial charge is 0.276 e. The molecule has 222 valence electrons. The van der Waals surface area contributed by atoms with Crippen molar-refractivity contribution in [3.8, 4) is 5.75 Å². The van der Waals surface area contributed by atoms with Crippen LogP contribution >= 0.6 is 0 Å². The van der Waals surface area contributed by atoms with Crippen molar-refractivity contribution in [2.75, 3.05) is 39.3 Å². The number of carbonyl (C=O) groups is 3. The summed E-state index contributed by atoms with van der Waals surface area (Å²) in [4.78, 5) is 55.4. The lowest BCUT2D eigenvalue weighted by Crippen LogP contribution is -2.42. The highest BCUT2D eigenvalue weighted by Gasteiger charge is 2.41. The summed E-state index contributed by atoms with van der Waals surface area (Å²) in [5, 5.41) is 7.00. The number of ether oxygens (including phenoxy) is 1. The minimum atomic E-state index is -0.502. The third kappa shape index (κ3) is 6.56. The predicted molar refractivity (Wildman–Crippen MR) is 154 cm³/mol. The molecule has 1 fully saturated rings. The standard InChI is InChI=1S/C31H37N5O6/c1-20(2)14-24-16-27(33-42-24)31(40)35-11-5-13-41-23-7-4-6-21(15-23)25-18-36(19-26(25)29(38)32-10-12-35)30(39)22-8-9-28(37)34(3)17-22/h4,6-9,15-17,20,25-26H,5,10-14,18-19H2,1-3H3,(H,32,38)/t25-,26+/m1/s1. The van der Waals surface area contributed by atoms with Gasteiger partial charge in [-0.3, -0.25) is 19.2 Å². The molecule has 0 aliphatic carbocycles. The molecule has 1 N–H and O–H groups in total. The van der Waals surface area contributed by atoms with Gasteiger partial charge in [-0.2, -0.15) is 0 Å². The number of pyridine rings is 1. The Hall–Kier alpha value is -4.41. The number of benzene rings is 1. The van der Waals surface area contributed by atoms with Gasteiger partial charge in [-0.1, -0.05) is 31.1 Å². The van der Waals surface area contributed by atoms with E-state index in [4.69, 9.17) is 9.26 Å². The zero-order valence-corrected chi connectivity index (χ0v) is 24.2. The van der Waals surface area contributed by atoms with Gasteiger partial charge in [0.05, 0.1) is 18.1 Å². The van der Waals surface area contributed by atoms with Gasteiger partial charge in [-0.25, -0.2) is 0 Å². The van der Waals surface area contributed by atoms with Gasteiger partial charge in [0.1, 0.15) is 11.5 Å². The maximum atomic E-state index is 13.6. The molecule has 0 radical (unpaired) electrons. The van der Waals surface area contributed by atoms with Crippen LogP contribution in [-0.4, -0.2) is 76.6 Å². The van der Waals surface area contributed by atoms with E-state index in [-0.39, 0.29) is 48.0 Å². The summed E-state index contributed by atoms with van der Waals surface area (Å²) in [6.45, 7) is 6.08. The van der Waals surface area contributed by atoms with E-state index < -0.39 is 5.92 Å². The predicted octanol–water partition coefficient (Wildman–Crippen LogP) is 2.47. The Bertz CT molecular complexity index is 1510. The number of amides is 3. The maximum absolute atomic E-state index is 13.6. The second-order valence-corrected chi connectivity index (χ2v) is 11.4. The van der Waals surface area contributed by atoms with Crippen LogP contribution in [0.4, 0.5) is 0 Å². The van der Waals surface area contributed by atoms with Crippen LogP contribution in [0.1, 0.15) is 58.4 Å². The maximum Gasteiger partial charge on any atom is 0.276 e. The zero-order valence-electron chi connectivity index (χ0n) is 24.2. The fraction of sp³-hybridized carbons (Fsp3) is 0.452. The third-order valence-electron chi connectivity index (χ3n) is 7.76. The van der Waals surface area contributed by atoms with E-state index in [2.05, 4.69) is 24.3 Å². The van der Waals surface area contributed by atoms with Gasteiger partial charge in [0.2, 0.25) is 11.5 Å². The molecule has 11 nitrogen and oxygen atoms in total. The average Bonchev–Trinajstić information content (AvgIpc) is 3.62. The number of fused-ring (bicyclic) bond motifs is 4. The first-order valence-electron chi connectivity index (χ1n) is 14.4. The molecule has 2 aliphatic heterocycles. The highest BCUT2D eigenvalue weighted by atomic mass is 16.5. The molecular weight excluding hydrogens is 538 g/mol. The van der Waals surface area contributed by atoms with Gasteiger partial charge in [-0.05, 0) is 36.1 Å². The number of likely N-dealkylation sites (tertiary alicyclic amines) is 1. The Labute approximate surface area is 244 Å². The van der Waals surface area contributed by atoms with Crippen molar-refractivity contribution in [2.24, 2.45) is 18.9 Å². The van der Waals surface area contributed by atoms with Crippen LogP contribution in [-0.2, 0) is 18.3 Å². The second-order valence-electron chi connectivity index (χ2n) is 11.4. The number of nitrogens with one attached hydrogen (secondary N) is 1. The number of aryl methyl sites for hydroxylation is 1. The molecule has 3 aromatic rings. The molecule has 4 heterocycles. The summed E-state index contributed by atoms with van der Waals surface area (Å²) in [6, 6.07) is 12.2. The normalized spacial score (nSPS) is 19.6. The summed E-state index contributed by atoms with van der Waals surface area (Å²) in [5.41, 5.74) is 1.35. The second kappa shape index (κ2) is 12.6. The molecule has 1 aromatic carbocycles. The van der Waals surface area contributed by atoms with Gasteiger partial charge in [0, 0.05) is 70.4 Å². The molecule has 2 bridgehead atoms. The van der Waals surface area contributed by atoms with Crippen LogP contribution in [0.15, 0.2) is 58.0 Å². The van der Waals surface area contributed by atoms with E-state index in [9.17, 15) is 19.2 Å². The Morgan fingerprint density at radius 3 is 2.62 bits per heavy atom. The van der Waals surface area contributed by atoms with Crippen LogP contribution in [0.25, 0.3) is 0 Å². The van der Waals surface area contributed by atoms with E-state index >= 15 is 0 Å². The molecule has 2 aliphatic rings. The van der Waals surface area contributed by atoms with E-state index in [0.29, 0.717) is 62.1 Å². The lowest BCUT2D eigenvalue weighted by molar-refractivity contribution is -0.125. The van der Waals surface area contributed by atoms with Crippen LogP contribution < -0.4 is 15.6 Å². The van der Waals surface area contributed by atoms with Crippen LogP contribution in [0.2, 0.25) is 0 Å². The molecule has 0 spiro atoms. The first kappa shape index (κ1) is 29.1. The minimum Gasteiger partial charge on any atom is -0.494 e. The number of nitrogens with zero attached hydrogens (tertiary/aromatic N) is 4. The summed E-state index contributed by atoms with van der Waals surface area (Å²) in [6.07, 6.45) is 2.80. The largest absolute Gasteiger partial charge is 0.494 e. The number of carbonyl (C=O) groups excluding carboxylic acids is 3. The van der Waals surface area contributed by atoms with Crippen molar-refractivity contribution in [1.29, 1.82) is 0 Å². The van der Waals surface area contributed by atoms with Gasteiger partial charge in [-0.15, -0.1) is 0 Å². The molecule has 5 rings (SSSR count). The van der Waals surface area contributed by atoms with Crippen molar-refractivity contribution >= 4 is 17.7 Å². The lowest BCUT2D eigenvalue weighted by Gasteiger charge is -2.24. The first-order valence-corrected chi connectivity index (χ1v) is 14.4. The van der Waals surface area contributed by atoms with Crippen molar-refractivity contribution in [2.45, 2.75) is 32.6 Å². The number of hydrogen-bond donors (Lipinski definition) is 1. The van der Waals surface area contributed by atoms with Crippen LogP contribution in [0.3, 0.4) is 0 Å². The third-order valence-corrected chi connectivity index (χ3v) is 7.76. The first-order chi connectivity index (χ1) is 20.2. The highest BCUT2D eigenvalue weighted by molar-refractivity contribution is 5.95. The molecular formula is C31H37N5O6. The summed E-state index contributed by atoms with van der Waals surface area (Å²) >= 11 is 0. The van der Waals surface area contributed by atoms with E-state index in [0.717, 1.165) is 5.56 Å². The lowest BCUT2D eigenvalue weighted by atomic mass is 9.88. The Kier molecular flexibility index (Phi) is 8.75. The fourth-order valence-electron chi connectivity index (χ4n) is 5.59. The molecule has 0 saturated carbocycles. The van der Waals surface area contributed by atoms with E-state index in [1.807, 2.05) is 24.3 Å². The number of rotatable bonds is 4. The zero-order chi connectivity index (χ0) is 29.8. The summed E-state index contributed by atoms with van der Waals surface area (Å²) in [7, 11) is 1.60. The van der Waals surface area contributed by atoms with Crippen LogP contribution in [0.5, 0.6) is 5.75 Å². The van der Waals surface area contributed by atoms with Crippen molar-refractivity contribution in [3.05, 3.63) is 81.6 Å². The summed E-state index contributed by atoms with van der Waals surface area (Å²) < 4.78 is 12.8.